The molecule has 1 aromatic carbocycles. The van der Waals surface area contributed by atoms with Crippen molar-refractivity contribution in [2.45, 2.75) is 46.7 Å². The molecule has 1 aromatic heterocycles. The number of aromatic carboxylic acids is 1. The summed E-state index contributed by atoms with van der Waals surface area (Å²) in [6.45, 7) is 8.23. The normalized spacial score (nSPS) is 11.0. The van der Waals surface area contributed by atoms with Crippen LogP contribution in [0.5, 0.6) is 5.75 Å². The number of hydrogen-bond donors (Lipinski definition) is 2. The molecule has 0 bridgehead atoms. The van der Waals surface area contributed by atoms with Gasteiger partial charge in [-0.3, -0.25) is 0 Å². The zero-order chi connectivity index (χ0) is 20.5. The van der Waals surface area contributed by atoms with Gasteiger partial charge in [-0.2, -0.15) is 11.8 Å². The van der Waals surface area contributed by atoms with Gasteiger partial charge in [0.25, 0.3) is 0 Å². The van der Waals surface area contributed by atoms with Crippen LogP contribution >= 0.6 is 11.8 Å². The van der Waals surface area contributed by atoms with Gasteiger partial charge in [0.05, 0.1) is 12.7 Å². The summed E-state index contributed by atoms with van der Waals surface area (Å²) >= 11 is 1.97. The van der Waals surface area contributed by atoms with Crippen LogP contribution in [0, 0.1) is 13.8 Å². The Balaban J connectivity index is 2.10. The van der Waals surface area contributed by atoms with Crippen molar-refractivity contribution in [2.75, 3.05) is 25.2 Å². The lowest BCUT2D eigenvalue weighted by Crippen LogP contribution is -2.17. The van der Waals surface area contributed by atoms with E-state index in [1.165, 1.54) is 12.2 Å². The van der Waals surface area contributed by atoms with Crippen LogP contribution in [0.15, 0.2) is 24.3 Å². The van der Waals surface area contributed by atoms with Crippen molar-refractivity contribution in [1.82, 2.24) is 9.88 Å². The van der Waals surface area contributed by atoms with Crippen LogP contribution in [0.2, 0.25) is 0 Å². The number of aromatic nitrogens is 1. The average Bonchev–Trinajstić information content (AvgIpc) is 2.92. The van der Waals surface area contributed by atoms with E-state index < -0.39 is 5.97 Å². The molecule has 0 aliphatic rings. The van der Waals surface area contributed by atoms with Crippen molar-refractivity contribution in [2.24, 2.45) is 0 Å². The highest BCUT2D eigenvalue weighted by molar-refractivity contribution is 7.99. The maximum absolute atomic E-state index is 11.9. The molecular weight excluding hydrogens is 372 g/mol. The maximum Gasteiger partial charge on any atom is 0.337 e. The third-order valence-corrected chi connectivity index (χ3v) is 6.19. The number of ether oxygens (including phenoxy) is 1. The quantitative estimate of drug-likeness (QED) is 0.511. The molecule has 5 nitrogen and oxygen atoms in total. The summed E-state index contributed by atoms with van der Waals surface area (Å²) in [5.74, 6) is 2.31. The van der Waals surface area contributed by atoms with Crippen LogP contribution in [-0.4, -0.2) is 40.8 Å². The monoisotopic (exact) mass is 404 g/mol. The van der Waals surface area contributed by atoms with Crippen LogP contribution in [0.3, 0.4) is 0 Å². The number of rotatable bonds is 12. The molecule has 6 heteroatoms. The first-order chi connectivity index (χ1) is 13.5. The van der Waals surface area contributed by atoms with Gasteiger partial charge in [-0.1, -0.05) is 19.1 Å². The lowest BCUT2D eigenvalue weighted by molar-refractivity contribution is 0.0694. The van der Waals surface area contributed by atoms with Crippen molar-refractivity contribution in [3.8, 4) is 5.75 Å². The summed E-state index contributed by atoms with van der Waals surface area (Å²) in [6.07, 6.45) is 2.30. The SMILES string of the molecule is CCCSCCCNCc1c(C(=O)O)c(C)n(Cc2ccc(OC)cc2)c1C. The van der Waals surface area contributed by atoms with E-state index in [0.29, 0.717) is 18.7 Å². The number of carbonyl (C=O) groups is 1. The molecule has 0 radical (unpaired) electrons. The molecule has 28 heavy (non-hydrogen) atoms. The van der Waals surface area contributed by atoms with Gasteiger partial charge in [0.1, 0.15) is 5.75 Å². The van der Waals surface area contributed by atoms with Gasteiger partial charge in [-0.25, -0.2) is 4.79 Å². The van der Waals surface area contributed by atoms with Gasteiger partial charge in [0.2, 0.25) is 0 Å². The summed E-state index contributed by atoms with van der Waals surface area (Å²) in [4.78, 5) is 11.9. The summed E-state index contributed by atoms with van der Waals surface area (Å²) < 4.78 is 7.31. The first-order valence-electron chi connectivity index (χ1n) is 9.82. The van der Waals surface area contributed by atoms with E-state index in [4.69, 9.17) is 4.74 Å². The number of thioether (sulfide) groups is 1. The molecule has 0 fully saturated rings. The van der Waals surface area contributed by atoms with Gasteiger partial charge in [-0.15, -0.1) is 0 Å². The van der Waals surface area contributed by atoms with E-state index in [2.05, 4.69) is 16.8 Å². The molecular formula is C22H32N2O3S. The van der Waals surface area contributed by atoms with E-state index in [0.717, 1.165) is 47.0 Å². The van der Waals surface area contributed by atoms with Gasteiger partial charge >= 0.3 is 5.97 Å². The predicted molar refractivity (Wildman–Crippen MR) is 117 cm³/mol. The Bertz CT molecular complexity index is 769. The highest BCUT2D eigenvalue weighted by atomic mass is 32.2. The molecule has 154 valence electrons. The Morgan fingerprint density at radius 3 is 2.50 bits per heavy atom. The molecule has 0 aliphatic heterocycles. The van der Waals surface area contributed by atoms with Gasteiger partial charge in [0, 0.05) is 30.0 Å². The van der Waals surface area contributed by atoms with Crippen molar-refractivity contribution in [3.05, 3.63) is 52.3 Å². The minimum atomic E-state index is -0.857. The van der Waals surface area contributed by atoms with Crippen LogP contribution in [0.1, 0.15) is 52.6 Å². The Morgan fingerprint density at radius 1 is 1.18 bits per heavy atom. The lowest BCUT2D eigenvalue weighted by Gasteiger charge is -2.11. The Kier molecular flexibility index (Phi) is 8.93. The van der Waals surface area contributed by atoms with Crippen LogP contribution in [0.25, 0.3) is 0 Å². The number of nitrogens with zero attached hydrogens (tertiary/aromatic N) is 1. The Hall–Kier alpha value is -1.92. The van der Waals surface area contributed by atoms with E-state index in [-0.39, 0.29) is 0 Å². The minimum absolute atomic E-state index is 0.430. The molecule has 0 saturated heterocycles. The molecule has 0 aliphatic carbocycles. The van der Waals surface area contributed by atoms with Gasteiger partial charge in [0.15, 0.2) is 0 Å². The van der Waals surface area contributed by atoms with Crippen LogP contribution < -0.4 is 10.1 Å². The van der Waals surface area contributed by atoms with E-state index in [1.54, 1.807) is 7.11 Å². The summed E-state index contributed by atoms with van der Waals surface area (Å²) in [7, 11) is 1.65. The van der Waals surface area contributed by atoms with Crippen molar-refractivity contribution >= 4 is 17.7 Å². The van der Waals surface area contributed by atoms with Crippen LogP contribution in [-0.2, 0) is 13.1 Å². The third kappa shape index (κ3) is 5.79. The first-order valence-corrected chi connectivity index (χ1v) is 11.0. The standard InChI is InChI=1S/C22H32N2O3S/c1-5-12-28-13-6-11-23-14-20-16(2)24(17(3)21(20)22(25)26)15-18-7-9-19(27-4)10-8-18/h7-10,23H,5-6,11-15H2,1-4H3,(H,25,26). The van der Waals surface area contributed by atoms with Crippen LogP contribution in [0.4, 0.5) is 0 Å². The molecule has 0 amide bonds. The number of methoxy groups -OCH3 is 1. The molecule has 2 N–H and O–H groups in total. The van der Waals surface area contributed by atoms with E-state index >= 15 is 0 Å². The minimum Gasteiger partial charge on any atom is -0.497 e. The fourth-order valence-corrected chi connectivity index (χ4v) is 4.20. The Labute approximate surface area is 172 Å². The van der Waals surface area contributed by atoms with E-state index in [1.807, 2.05) is 49.9 Å². The molecule has 2 aromatic rings. The van der Waals surface area contributed by atoms with Gasteiger partial charge < -0.3 is 19.7 Å². The number of benzene rings is 1. The average molecular weight is 405 g/mol. The third-order valence-electron chi connectivity index (χ3n) is 4.92. The second-order valence-corrected chi connectivity index (χ2v) is 8.13. The molecule has 0 unspecified atom stereocenters. The van der Waals surface area contributed by atoms with Crippen molar-refractivity contribution in [3.63, 3.8) is 0 Å². The van der Waals surface area contributed by atoms with E-state index in [9.17, 15) is 9.90 Å². The predicted octanol–water partition coefficient (Wildman–Crippen LogP) is 4.48. The molecule has 0 saturated carbocycles. The van der Waals surface area contributed by atoms with Crippen molar-refractivity contribution < 1.29 is 14.6 Å². The summed E-state index contributed by atoms with van der Waals surface area (Å²) in [6, 6.07) is 7.90. The largest absolute Gasteiger partial charge is 0.497 e. The first kappa shape index (κ1) is 22.4. The fraction of sp³-hybridized carbons (Fsp3) is 0.500. The molecule has 0 spiro atoms. The summed E-state index contributed by atoms with van der Waals surface area (Å²) in [5.41, 5.74) is 4.25. The molecule has 1 heterocycles. The second kappa shape index (κ2) is 11.2. The van der Waals surface area contributed by atoms with Crippen molar-refractivity contribution in [1.29, 1.82) is 0 Å². The fourth-order valence-electron chi connectivity index (χ4n) is 3.36. The lowest BCUT2D eigenvalue weighted by atomic mass is 10.1. The number of carboxylic acids is 1. The number of nitrogens with one attached hydrogen (secondary N) is 1. The highest BCUT2D eigenvalue weighted by Gasteiger charge is 2.22. The Morgan fingerprint density at radius 2 is 1.89 bits per heavy atom. The second-order valence-electron chi connectivity index (χ2n) is 6.91. The highest BCUT2D eigenvalue weighted by Crippen LogP contribution is 2.24. The molecule has 0 atom stereocenters. The maximum atomic E-state index is 11.9. The summed E-state index contributed by atoms with van der Waals surface area (Å²) in [5, 5.41) is 13.2. The molecule has 2 rings (SSSR count). The number of carboxylic acid groups (broad SMARTS) is 1. The smallest absolute Gasteiger partial charge is 0.337 e. The zero-order valence-corrected chi connectivity index (χ0v) is 18.2. The topological polar surface area (TPSA) is 63.5 Å². The zero-order valence-electron chi connectivity index (χ0n) is 17.4. The number of hydrogen-bond acceptors (Lipinski definition) is 4. The van der Waals surface area contributed by atoms with Gasteiger partial charge in [-0.05, 0) is 62.4 Å².